The summed E-state index contributed by atoms with van der Waals surface area (Å²) in [7, 11) is 0. The molecule has 0 saturated heterocycles. The summed E-state index contributed by atoms with van der Waals surface area (Å²) >= 11 is 0. The predicted molar refractivity (Wildman–Crippen MR) is 58.4 cm³/mol. The highest BCUT2D eigenvalue weighted by Crippen LogP contribution is 2.43. The van der Waals surface area contributed by atoms with E-state index in [-0.39, 0.29) is 17.9 Å². The van der Waals surface area contributed by atoms with Crippen LogP contribution in [0.15, 0.2) is 18.5 Å². The van der Waals surface area contributed by atoms with Crippen molar-refractivity contribution in [2.75, 3.05) is 0 Å². The lowest BCUT2D eigenvalue weighted by atomic mass is 9.87. The zero-order valence-corrected chi connectivity index (χ0v) is 9.54. The number of nitrogens with zero attached hydrogens (tertiary/aromatic N) is 1. The Hall–Kier alpha value is -1.10. The van der Waals surface area contributed by atoms with E-state index in [0.717, 1.165) is 12.5 Å². The van der Waals surface area contributed by atoms with E-state index in [4.69, 9.17) is 5.73 Å². The molecule has 2 nitrogen and oxygen atoms in total. The first kappa shape index (κ1) is 12.4. The van der Waals surface area contributed by atoms with E-state index >= 15 is 0 Å². The first-order chi connectivity index (χ1) is 7.91. The van der Waals surface area contributed by atoms with Crippen molar-refractivity contribution in [3.63, 3.8) is 0 Å². The van der Waals surface area contributed by atoms with E-state index in [1.807, 2.05) is 6.92 Å². The normalized spacial score (nSPS) is 29.6. The minimum Gasteiger partial charge on any atom is -0.327 e. The average Bonchev–Trinajstić information content (AvgIpc) is 2.59. The number of rotatable bonds is 1. The quantitative estimate of drug-likeness (QED) is 0.824. The highest BCUT2D eigenvalue weighted by atomic mass is 19.4. The third-order valence-electron chi connectivity index (χ3n) is 3.68. The van der Waals surface area contributed by atoms with Crippen LogP contribution >= 0.6 is 0 Å². The molecule has 5 heteroatoms. The van der Waals surface area contributed by atoms with Crippen molar-refractivity contribution in [3.05, 3.63) is 29.6 Å². The van der Waals surface area contributed by atoms with Crippen molar-refractivity contribution in [1.29, 1.82) is 0 Å². The van der Waals surface area contributed by atoms with Crippen molar-refractivity contribution in [2.45, 2.75) is 37.9 Å². The number of halogens is 3. The van der Waals surface area contributed by atoms with E-state index < -0.39 is 11.7 Å². The third-order valence-corrected chi connectivity index (χ3v) is 3.68. The van der Waals surface area contributed by atoms with Gasteiger partial charge in [0.2, 0.25) is 0 Å². The highest BCUT2D eigenvalue weighted by Gasteiger charge is 2.39. The minimum absolute atomic E-state index is 0.0127. The molecular formula is C12H15F3N2. The van der Waals surface area contributed by atoms with Crippen LogP contribution in [0.1, 0.15) is 36.8 Å². The molecule has 2 rings (SSSR count). The lowest BCUT2D eigenvalue weighted by molar-refractivity contribution is -0.138. The molecule has 1 aliphatic rings. The van der Waals surface area contributed by atoms with E-state index in [1.165, 1.54) is 12.4 Å². The monoisotopic (exact) mass is 244 g/mol. The number of aromatic nitrogens is 1. The standard InChI is InChI=1S/C12H15F3N2/c1-7-8(2-3-11(7)16)9-6-17-5-4-10(9)12(13,14)15/h4-8,11H,2-3,16H2,1H3. The van der Waals surface area contributed by atoms with Crippen molar-refractivity contribution >= 4 is 0 Å². The number of alkyl halides is 3. The molecule has 2 N–H and O–H groups in total. The molecule has 1 aromatic rings. The molecule has 1 aliphatic carbocycles. The van der Waals surface area contributed by atoms with Crippen LogP contribution in [0, 0.1) is 5.92 Å². The van der Waals surface area contributed by atoms with Crippen LogP contribution in [0.2, 0.25) is 0 Å². The summed E-state index contributed by atoms with van der Waals surface area (Å²) in [4.78, 5) is 3.82. The molecule has 1 fully saturated rings. The SMILES string of the molecule is CC1C(N)CCC1c1cnccc1C(F)(F)F. The molecule has 0 radical (unpaired) electrons. The van der Waals surface area contributed by atoms with Gasteiger partial charge in [-0.15, -0.1) is 0 Å². The van der Waals surface area contributed by atoms with Crippen LogP contribution in [-0.2, 0) is 6.18 Å². The largest absolute Gasteiger partial charge is 0.416 e. The third kappa shape index (κ3) is 2.29. The summed E-state index contributed by atoms with van der Waals surface area (Å²) in [6, 6.07) is 1.03. The smallest absolute Gasteiger partial charge is 0.327 e. The Morgan fingerprint density at radius 2 is 2.06 bits per heavy atom. The summed E-state index contributed by atoms with van der Waals surface area (Å²) in [5.74, 6) is -0.0596. The van der Waals surface area contributed by atoms with Gasteiger partial charge in [0.25, 0.3) is 0 Å². The second-order valence-corrected chi connectivity index (χ2v) is 4.67. The molecule has 1 heterocycles. The van der Waals surface area contributed by atoms with E-state index in [1.54, 1.807) is 0 Å². The van der Waals surface area contributed by atoms with E-state index in [9.17, 15) is 13.2 Å². The number of hydrogen-bond acceptors (Lipinski definition) is 2. The van der Waals surface area contributed by atoms with Crippen LogP contribution in [0.5, 0.6) is 0 Å². The maximum Gasteiger partial charge on any atom is 0.416 e. The van der Waals surface area contributed by atoms with Gasteiger partial charge in [-0.2, -0.15) is 13.2 Å². The van der Waals surface area contributed by atoms with Gasteiger partial charge in [0, 0.05) is 18.4 Å². The van der Waals surface area contributed by atoms with Gasteiger partial charge < -0.3 is 5.73 Å². The molecule has 0 spiro atoms. The van der Waals surface area contributed by atoms with Crippen molar-refractivity contribution in [3.8, 4) is 0 Å². The average molecular weight is 244 g/mol. The van der Waals surface area contributed by atoms with Gasteiger partial charge in [0.1, 0.15) is 0 Å². The van der Waals surface area contributed by atoms with Gasteiger partial charge in [-0.1, -0.05) is 6.92 Å². The minimum atomic E-state index is -4.31. The Balaban J connectivity index is 2.39. The zero-order valence-electron chi connectivity index (χ0n) is 9.54. The molecule has 0 amide bonds. The van der Waals surface area contributed by atoms with Crippen LogP contribution in [-0.4, -0.2) is 11.0 Å². The van der Waals surface area contributed by atoms with Crippen molar-refractivity contribution in [2.24, 2.45) is 11.7 Å². The lowest BCUT2D eigenvalue weighted by Crippen LogP contribution is -2.25. The summed E-state index contributed by atoms with van der Waals surface area (Å²) in [5, 5.41) is 0. The number of hydrogen-bond donors (Lipinski definition) is 1. The summed E-state index contributed by atoms with van der Waals surface area (Å²) in [6.45, 7) is 1.91. The van der Waals surface area contributed by atoms with Gasteiger partial charge in [0.05, 0.1) is 5.56 Å². The van der Waals surface area contributed by atoms with Crippen molar-refractivity contribution < 1.29 is 13.2 Å². The summed E-state index contributed by atoms with van der Waals surface area (Å²) in [5.41, 5.74) is 5.58. The Labute approximate surface area is 98.0 Å². The summed E-state index contributed by atoms with van der Waals surface area (Å²) in [6.07, 6.45) is -0.312. The predicted octanol–water partition coefficient (Wildman–Crippen LogP) is 2.94. The fraction of sp³-hybridized carbons (Fsp3) is 0.583. The van der Waals surface area contributed by atoms with Crippen LogP contribution < -0.4 is 5.73 Å². The molecule has 0 bridgehead atoms. The fourth-order valence-electron chi connectivity index (χ4n) is 2.60. The van der Waals surface area contributed by atoms with Crippen molar-refractivity contribution in [1.82, 2.24) is 4.98 Å². The van der Waals surface area contributed by atoms with Gasteiger partial charge in [-0.25, -0.2) is 0 Å². The second-order valence-electron chi connectivity index (χ2n) is 4.67. The Morgan fingerprint density at radius 1 is 1.35 bits per heavy atom. The molecule has 3 unspecified atom stereocenters. The number of pyridine rings is 1. The van der Waals surface area contributed by atoms with Crippen LogP contribution in [0.3, 0.4) is 0 Å². The molecular weight excluding hydrogens is 229 g/mol. The zero-order chi connectivity index (χ0) is 12.6. The van der Waals surface area contributed by atoms with E-state index in [0.29, 0.717) is 12.0 Å². The molecule has 0 aromatic carbocycles. The topological polar surface area (TPSA) is 38.9 Å². The lowest BCUT2D eigenvalue weighted by Gasteiger charge is -2.21. The molecule has 1 saturated carbocycles. The second kappa shape index (κ2) is 4.29. The van der Waals surface area contributed by atoms with Gasteiger partial charge in [-0.3, -0.25) is 4.98 Å². The van der Waals surface area contributed by atoms with Gasteiger partial charge in [0.15, 0.2) is 0 Å². The molecule has 0 aliphatic heterocycles. The molecule has 3 atom stereocenters. The molecule has 94 valence electrons. The Kier molecular flexibility index (Phi) is 3.12. The summed E-state index contributed by atoms with van der Waals surface area (Å²) < 4.78 is 38.6. The van der Waals surface area contributed by atoms with Crippen LogP contribution in [0.25, 0.3) is 0 Å². The fourth-order valence-corrected chi connectivity index (χ4v) is 2.60. The Bertz CT molecular complexity index is 403. The first-order valence-corrected chi connectivity index (χ1v) is 5.68. The van der Waals surface area contributed by atoms with Gasteiger partial charge in [-0.05, 0) is 36.3 Å². The molecule has 17 heavy (non-hydrogen) atoms. The van der Waals surface area contributed by atoms with E-state index in [2.05, 4.69) is 4.98 Å². The Morgan fingerprint density at radius 3 is 2.59 bits per heavy atom. The van der Waals surface area contributed by atoms with Crippen LogP contribution in [0.4, 0.5) is 13.2 Å². The number of nitrogens with two attached hydrogens (primary N) is 1. The first-order valence-electron chi connectivity index (χ1n) is 5.68. The highest BCUT2D eigenvalue weighted by molar-refractivity contribution is 5.31. The van der Waals surface area contributed by atoms with Gasteiger partial charge >= 0.3 is 6.18 Å². The maximum atomic E-state index is 12.9. The molecule has 1 aromatic heterocycles. The maximum absolute atomic E-state index is 12.9.